The first-order valence-electron chi connectivity index (χ1n) is 19.6. The van der Waals surface area contributed by atoms with Gasteiger partial charge in [0, 0.05) is 68.6 Å². The van der Waals surface area contributed by atoms with Gasteiger partial charge in [0.15, 0.2) is 0 Å². The van der Waals surface area contributed by atoms with Crippen LogP contribution in [0.15, 0.2) is 161 Å². The lowest BCUT2D eigenvalue weighted by Gasteiger charge is -2.33. The molecule has 0 unspecified atom stereocenters. The van der Waals surface area contributed by atoms with Crippen molar-refractivity contribution >= 4 is 104 Å². The minimum atomic E-state index is 1.17. The van der Waals surface area contributed by atoms with Gasteiger partial charge in [-0.25, -0.2) is 0 Å². The molecule has 0 aliphatic carbocycles. The minimum absolute atomic E-state index is 1.17. The summed E-state index contributed by atoms with van der Waals surface area (Å²) in [7, 11) is 0. The first-order valence-corrected chi connectivity index (χ1v) is 21.2. The third kappa shape index (κ3) is 4.92. The van der Waals surface area contributed by atoms with Crippen LogP contribution in [-0.4, -0.2) is 9.13 Å². The molecule has 0 saturated heterocycles. The first kappa shape index (κ1) is 32.9. The molecule has 0 amide bonds. The average Bonchev–Trinajstić information content (AvgIpc) is 3.86. The van der Waals surface area contributed by atoms with Crippen molar-refractivity contribution in [2.24, 2.45) is 0 Å². The van der Waals surface area contributed by atoms with Gasteiger partial charge < -0.3 is 14.0 Å². The van der Waals surface area contributed by atoms with E-state index in [4.69, 9.17) is 0 Å². The second-order valence-electron chi connectivity index (χ2n) is 15.8. The summed E-state index contributed by atoms with van der Waals surface area (Å²) in [5.74, 6) is 0. The van der Waals surface area contributed by atoms with Gasteiger partial charge in [-0.15, -0.1) is 11.3 Å². The molecule has 57 heavy (non-hydrogen) atoms. The summed E-state index contributed by atoms with van der Waals surface area (Å²) in [6.07, 6.45) is 0. The summed E-state index contributed by atoms with van der Waals surface area (Å²) in [5.41, 5.74) is 15.9. The standard InChI is InChI=1S/C52H37N3S2/c1-30-9-16-43-38(23-30)39-24-31(2)10-17-44(39)53(43)35-13-20-47-51(28-35)57-52-29-36(54-45-18-11-32(3)25-40(45)41-26-33(4)12-19-46(41)54)14-21-48(52)55(47)34-15-22-50-42(27-34)37-7-5-6-8-49(37)56-50/h5-29H,1-4H3. The highest BCUT2D eigenvalue weighted by Crippen LogP contribution is 2.54. The van der Waals surface area contributed by atoms with Gasteiger partial charge >= 0.3 is 0 Å². The molecular weight excluding hydrogens is 731 g/mol. The van der Waals surface area contributed by atoms with Gasteiger partial charge in [0.25, 0.3) is 0 Å². The summed E-state index contributed by atoms with van der Waals surface area (Å²) >= 11 is 3.74. The van der Waals surface area contributed by atoms with E-state index in [9.17, 15) is 0 Å². The molecule has 0 atom stereocenters. The number of nitrogens with zero attached hydrogens (tertiary/aromatic N) is 3. The van der Waals surface area contributed by atoms with E-state index in [0.717, 1.165) is 0 Å². The molecule has 1 aliphatic rings. The van der Waals surface area contributed by atoms with E-state index in [0.29, 0.717) is 0 Å². The van der Waals surface area contributed by atoms with Crippen LogP contribution >= 0.6 is 23.1 Å². The van der Waals surface area contributed by atoms with Crippen LogP contribution in [0.25, 0.3) is 75.2 Å². The van der Waals surface area contributed by atoms with Gasteiger partial charge in [-0.3, -0.25) is 0 Å². The van der Waals surface area contributed by atoms with Crippen molar-refractivity contribution in [3.63, 3.8) is 0 Å². The largest absolute Gasteiger partial charge is 0.309 e. The Labute approximate surface area is 339 Å². The Bertz CT molecular complexity index is 3210. The fraction of sp³-hybridized carbons (Fsp3) is 0.0769. The SMILES string of the molecule is Cc1ccc2c(c1)c1cc(C)ccc1n2-c1ccc2c(c1)Sc1cc(-n3c4ccc(C)cc4c4cc(C)ccc43)ccc1N2c1ccc2sc3ccccc3c2c1. The van der Waals surface area contributed by atoms with Crippen molar-refractivity contribution in [2.75, 3.05) is 4.90 Å². The molecule has 0 fully saturated rings. The fourth-order valence-corrected chi connectivity index (χ4v) is 11.5. The number of aryl methyl sites for hydroxylation is 4. The van der Waals surface area contributed by atoms with Gasteiger partial charge in [0.05, 0.1) is 33.4 Å². The second kappa shape index (κ2) is 12.1. The van der Waals surface area contributed by atoms with Crippen molar-refractivity contribution in [3.8, 4) is 11.4 Å². The van der Waals surface area contributed by atoms with Crippen LogP contribution in [0.1, 0.15) is 22.3 Å². The topological polar surface area (TPSA) is 13.1 Å². The molecule has 3 nitrogen and oxygen atoms in total. The summed E-state index contributed by atoms with van der Waals surface area (Å²) in [5, 5.41) is 7.79. The number of hydrogen-bond acceptors (Lipinski definition) is 3. The Morgan fingerprint density at radius 2 is 0.789 bits per heavy atom. The van der Waals surface area contributed by atoms with Crippen LogP contribution in [0.2, 0.25) is 0 Å². The van der Waals surface area contributed by atoms with Gasteiger partial charge in [-0.05, 0) is 137 Å². The Morgan fingerprint density at radius 3 is 1.28 bits per heavy atom. The molecule has 0 radical (unpaired) electrons. The van der Waals surface area contributed by atoms with Crippen LogP contribution in [-0.2, 0) is 0 Å². The molecule has 12 rings (SSSR count). The number of rotatable bonds is 3. The van der Waals surface area contributed by atoms with Crippen molar-refractivity contribution in [1.82, 2.24) is 9.13 Å². The Kier molecular flexibility index (Phi) is 7.00. The predicted molar refractivity (Wildman–Crippen MR) is 246 cm³/mol. The molecule has 272 valence electrons. The van der Waals surface area contributed by atoms with Gasteiger partial charge in [0.2, 0.25) is 0 Å². The number of benzene rings is 8. The highest BCUT2D eigenvalue weighted by molar-refractivity contribution is 7.99. The number of aromatic nitrogens is 2. The Morgan fingerprint density at radius 1 is 0.351 bits per heavy atom. The third-order valence-electron chi connectivity index (χ3n) is 11.9. The number of thiophene rings is 1. The Hall–Kier alpha value is -6.27. The summed E-state index contributed by atoms with van der Waals surface area (Å²) in [4.78, 5) is 4.95. The minimum Gasteiger partial charge on any atom is -0.309 e. The molecule has 0 bridgehead atoms. The maximum atomic E-state index is 2.48. The average molecular weight is 768 g/mol. The predicted octanol–water partition coefficient (Wildman–Crippen LogP) is 15.4. The van der Waals surface area contributed by atoms with Crippen LogP contribution in [0.4, 0.5) is 17.1 Å². The lowest BCUT2D eigenvalue weighted by Crippen LogP contribution is -2.15. The molecular formula is C52H37N3S2. The van der Waals surface area contributed by atoms with E-state index in [2.05, 4.69) is 193 Å². The van der Waals surface area contributed by atoms with E-state index in [-0.39, 0.29) is 0 Å². The molecule has 0 N–H and O–H groups in total. The number of anilines is 3. The van der Waals surface area contributed by atoms with E-state index in [1.165, 1.54) is 124 Å². The van der Waals surface area contributed by atoms with Gasteiger partial charge in [-0.1, -0.05) is 76.5 Å². The summed E-state index contributed by atoms with van der Waals surface area (Å²) in [6.45, 7) is 8.75. The molecule has 11 aromatic rings. The van der Waals surface area contributed by atoms with Crippen molar-refractivity contribution < 1.29 is 0 Å². The highest BCUT2D eigenvalue weighted by atomic mass is 32.2. The number of fused-ring (bicyclic) bond motifs is 11. The summed E-state index contributed by atoms with van der Waals surface area (Å²) < 4.78 is 7.53. The molecule has 0 saturated carbocycles. The Balaban J connectivity index is 1.09. The molecule has 3 aromatic heterocycles. The molecule has 0 spiro atoms. The van der Waals surface area contributed by atoms with E-state index >= 15 is 0 Å². The monoisotopic (exact) mass is 767 g/mol. The fourth-order valence-electron chi connectivity index (χ4n) is 9.25. The summed E-state index contributed by atoms with van der Waals surface area (Å²) in [6, 6.07) is 57.3. The molecule has 1 aliphatic heterocycles. The van der Waals surface area contributed by atoms with Crippen LogP contribution in [0.3, 0.4) is 0 Å². The van der Waals surface area contributed by atoms with E-state index < -0.39 is 0 Å². The van der Waals surface area contributed by atoms with Crippen LogP contribution in [0, 0.1) is 27.7 Å². The molecule has 5 heteroatoms. The zero-order valence-electron chi connectivity index (χ0n) is 32.1. The molecule has 4 heterocycles. The second-order valence-corrected chi connectivity index (χ2v) is 17.9. The van der Waals surface area contributed by atoms with E-state index in [1.807, 2.05) is 23.1 Å². The molecule has 8 aromatic carbocycles. The normalized spacial score (nSPS) is 12.8. The van der Waals surface area contributed by atoms with Crippen LogP contribution in [0.5, 0.6) is 0 Å². The number of hydrogen-bond donors (Lipinski definition) is 0. The van der Waals surface area contributed by atoms with E-state index in [1.54, 1.807) is 0 Å². The van der Waals surface area contributed by atoms with Crippen molar-refractivity contribution in [1.29, 1.82) is 0 Å². The van der Waals surface area contributed by atoms with Crippen molar-refractivity contribution in [3.05, 3.63) is 174 Å². The smallest absolute Gasteiger partial charge is 0.0603 e. The zero-order valence-corrected chi connectivity index (χ0v) is 33.7. The lowest BCUT2D eigenvalue weighted by atomic mass is 10.1. The van der Waals surface area contributed by atoms with Crippen molar-refractivity contribution in [2.45, 2.75) is 37.5 Å². The maximum Gasteiger partial charge on any atom is 0.0603 e. The maximum absolute atomic E-state index is 2.48. The van der Waals surface area contributed by atoms with Crippen LogP contribution < -0.4 is 4.90 Å². The first-order chi connectivity index (χ1) is 27.9. The van der Waals surface area contributed by atoms with Gasteiger partial charge in [-0.2, -0.15) is 0 Å². The highest BCUT2D eigenvalue weighted by Gasteiger charge is 2.28. The zero-order chi connectivity index (χ0) is 38.1. The third-order valence-corrected chi connectivity index (χ3v) is 14.1. The van der Waals surface area contributed by atoms with Gasteiger partial charge in [0.1, 0.15) is 0 Å². The lowest BCUT2D eigenvalue weighted by molar-refractivity contribution is 1.11. The quantitative estimate of drug-likeness (QED) is 0.178.